The van der Waals surface area contributed by atoms with Crippen LogP contribution in [0.25, 0.3) is 0 Å². The van der Waals surface area contributed by atoms with Gasteiger partial charge in [0, 0.05) is 18.7 Å². The van der Waals surface area contributed by atoms with Gasteiger partial charge in [0.25, 0.3) is 5.91 Å². The highest BCUT2D eigenvalue weighted by Gasteiger charge is 2.34. The monoisotopic (exact) mass is 251 g/mol. The number of hydrogen-bond donors (Lipinski definition) is 1. The number of halogens is 1. The number of nitrogens with zero attached hydrogens (tertiary/aromatic N) is 1. The van der Waals surface area contributed by atoms with Crippen molar-refractivity contribution in [2.75, 3.05) is 6.54 Å². The summed E-state index contributed by atoms with van der Waals surface area (Å²) in [5, 5.41) is 9.66. The summed E-state index contributed by atoms with van der Waals surface area (Å²) in [6.45, 7) is 4.76. The smallest absolute Gasteiger partial charge is 0.257 e. The molecule has 0 bridgehead atoms. The van der Waals surface area contributed by atoms with Gasteiger partial charge >= 0.3 is 0 Å². The second kappa shape index (κ2) is 4.96. The van der Waals surface area contributed by atoms with Crippen molar-refractivity contribution in [1.29, 1.82) is 0 Å². The molecule has 0 atom stereocenters. The molecule has 2 rings (SSSR count). The number of hydrogen-bond acceptors (Lipinski definition) is 2. The third-order valence-corrected chi connectivity index (χ3v) is 3.00. The number of amides is 1. The Bertz CT molecular complexity index is 455. The summed E-state index contributed by atoms with van der Waals surface area (Å²) in [6, 6.07) is 3.81. The zero-order valence-electron chi connectivity index (χ0n) is 10.7. The van der Waals surface area contributed by atoms with Gasteiger partial charge < -0.3 is 10.0 Å². The quantitative estimate of drug-likeness (QED) is 0.894. The van der Waals surface area contributed by atoms with Crippen LogP contribution in [0, 0.1) is 11.7 Å². The molecule has 1 aliphatic carbocycles. The molecule has 0 heterocycles. The van der Waals surface area contributed by atoms with E-state index in [0.29, 0.717) is 12.5 Å². The van der Waals surface area contributed by atoms with E-state index in [9.17, 15) is 14.3 Å². The Morgan fingerprint density at radius 2 is 2.17 bits per heavy atom. The average molecular weight is 251 g/mol. The Morgan fingerprint density at radius 3 is 2.67 bits per heavy atom. The summed E-state index contributed by atoms with van der Waals surface area (Å²) in [6.07, 6.45) is 2.03. The van der Waals surface area contributed by atoms with E-state index in [4.69, 9.17) is 0 Å². The second-order valence-electron chi connectivity index (χ2n) is 5.24. The van der Waals surface area contributed by atoms with Crippen LogP contribution in [0.2, 0.25) is 0 Å². The normalized spacial score (nSPS) is 14.9. The van der Waals surface area contributed by atoms with Crippen molar-refractivity contribution in [3.05, 3.63) is 29.6 Å². The molecule has 0 unspecified atom stereocenters. The molecule has 1 N–H and O–H groups in total. The molecule has 98 valence electrons. The first kappa shape index (κ1) is 12.9. The van der Waals surface area contributed by atoms with Crippen LogP contribution >= 0.6 is 0 Å². The fraction of sp³-hybridized carbons (Fsp3) is 0.500. The number of carbonyl (C=O) groups excluding carboxylic acids is 1. The Kier molecular flexibility index (Phi) is 3.55. The van der Waals surface area contributed by atoms with Crippen molar-refractivity contribution >= 4 is 5.91 Å². The van der Waals surface area contributed by atoms with Gasteiger partial charge in [-0.05, 0) is 30.9 Å². The topological polar surface area (TPSA) is 40.5 Å². The molecule has 1 aliphatic rings. The largest absolute Gasteiger partial charge is 0.507 e. The van der Waals surface area contributed by atoms with Gasteiger partial charge in [-0.1, -0.05) is 13.8 Å². The highest BCUT2D eigenvalue weighted by atomic mass is 19.1. The van der Waals surface area contributed by atoms with Crippen molar-refractivity contribution < 1.29 is 14.3 Å². The maximum atomic E-state index is 12.9. The molecule has 1 amide bonds. The Hall–Kier alpha value is -1.58. The van der Waals surface area contributed by atoms with Crippen molar-refractivity contribution in [2.24, 2.45) is 5.92 Å². The van der Waals surface area contributed by atoms with E-state index < -0.39 is 5.82 Å². The molecule has 3 nitrogen and oxygen atoms in total. The van der Waals surface area contributed by atoms with Crippen molar-refractivity contribution in [2.45, 2.75) is 32.7 Å². The van der Waals surface area contributed by atoms with Crippen LogP contribution in [0.4, 0.5) is 4.39 Å². The molecular formula is C14H18FNO2. The number of aromatic hydroxyl groups is 1. The Balaban J connectivity index is 2.22. The minimum absolute atomic E-state index is 0.184. The molecule has 1 fully saturated rings. The Morgan fingerprint density at radius 1 is 1.50 bits per heavy atom. The van der Waals surface area contributed by atoms with Crippen molar-refractivity contribution in [1.82, 2.24) is 4.90 Å². The van der Waals surface area contributed by atoms with E-state index in [1.165, 1.54) is 12.1 Å². The second-order valence-corrected chi connectivity index (χ2v) is 5.24. The predicted molar refractivity (Wildman–Crippen MR) is 67.0 cm³/mol. The van der Waals surface area contributed by atoms with Gasteiger partial charge in [-0.25, -0.2) is 4.39 Å². The number of benzene rings is 1. The molecule has 18 heavy (non-hydrogen) atoms. The zero-order chi connectivity index (χ0) is 13.3. The summed E-state index contributed by atoms with van der Waals surface area (Å²) in [7, 11) is 0. The molecule has 0 saturated heterocycles. The number of rotatable bonds is 4. The summed E-state index contributed by atoms with van der Waals surface area (Å²) < 4.78 is 12.9. The van der Waals surface area contributed by atoms with Gasteiger partial charge in [0.2, 0.25) is 0 Å². The van der Waals surface area contributed by atoms with E-state index >= 15 is 0 Å². The van der Waals surface area contributed by atoms with Crippen LogP contribution < -0.4 is 0 Å². The van der Waals surface area contributed by atoms with Gasteiger partial charge in [-0.3, -0.25) is 4.79 Å². The highest BCUT2D eigenvalue weighted by molar-refractivity contribution is 5.97. The Labute approximate surface area is 106 Å². The molecule has 0 spiro atoms. The SMILES string of the molecule is CC(C)CN(C(=O)c1ccc(F)cc1O)C1CC1. The molecule has 4 heteroatoms. The van der Waals surface area contributed by atoms with Gasteiger partial charge in [0.15, 0.2) is 0 Å². The minimum Gasteiger partial charge on any atom is -0.507 e. The van der Waals surface area contributed by atoms with Crippen LogP contribution in [0.3, 0.4) is 0 Å². The molecule has 1 saturated carbocycles. The van der Waals surface area contributed by atoms with Crippen LogP contribution in [0.5, 0.6) is 5.75 Å². The summed E-state index contributed by atoms with van der Waals surface area (Å²) >= 11 is 0. The molecule has 1 aromatic rings. The molecular weight excluding hydrogens is 233 g/mol. The summed E-state index contributed by atoms with van der Waals surface area (Å²) in [5.41, 5.74) is 0.184. The van der Waals surface area contributed by atoms with Gasteiger partial charge in [-0.2, -0.15) is 0 Å². The van der Waals surface area contributed by atoms with E-state index in [1.54, 1.807) is 4.90 Å². The predicted octanol–water partition coefficient (Wildman–Crippen LogP) is 2.79. The van der Waals surface area contributed by atoms with E-state index in [1.807, 2.05) is 13.8 Å². The average Bonchev–Trinajstić information content (AvgIpc) is 3.08. The lowest BCUT2D eigenvalue weighted by molar-refractivity contribution is 0.0719. The molecule has 1 aromatic carbocycles. The van der Waals surface area contributed by atoms with Crippen LogP contribution in [-0.2, 0) is 0 Å². The fourth-order valence-corrected chi connectivity index (χ4v) is 2.02. The maximum Gasteiger partial charge on any atom is 0.257 e. The van der Waals surface area contributed by atoms with E-state index in [-0.39, 0.29) is 23.3 Å². The zero-order valence-corrected chi connectivity index (χ0v) is 10.7. The minimum atomic E-state index is -0.536. The standard InChI is InChI=1S/C14H18FNO2/c1-9(2)8-16(11-4-5-11)14(18)12-6-3-10(15)7-13(12)17/h3,6-7,9,11,17H,4-5,8H2,1-2H3. The number of phenolic OH excluding ortho intramolecular Hbond substituents is 1. The number of phenols is 1. The van der Waals surface area contributed by atoms with Gasteiger partial charge in [-0.15, -0.1) is 0 Å². The van der Waals surface area contributed by atoms with E-state index in [2.05, 4.69) is 0 Å². The fourth-order valence-electron chi connectivity index (χ4n) is 2.02. The van der Waals surface area contributed by atoms with Gasteiger partial charge in [0.1, 0.15) is 11.6 Å². The van der Waals surface area contributed by atoms with Crippen molar-refractivity contribution in [3.63, 3.8) is 0 Å². The maximum absolute atomic E-state index is 12.9. The van der Waals surface area contributed by atoms with Crippen LogP contribution in [-0.4, -0.2) is 28.5 Å². The summed E-state index contributed by atoms with van der Waals surface area (Å²) in [4.78, 5) is 14.1. The first-order chi connectivity index (χ1) is 8.49. The van der Waals surface area contributed by atoms with Crippen LogP contribution in [0.1, 0.15) is 37.0 Å². The summed E-state index contributed by atoms with van der Waals surface area (Å²) in [5.74, 6) is -0.652. The highest BCUT2D eigenvalue weighted by Crippen LogP contribution is 2.30. The third kappa shape index (κ3) is 2.81. The van der Waals surface area contributed by atoms with E-state index in [0.717, 1.165) is 18.9 Å². The van der Waals surface area contributed by atoms with Crippen molar-refractivity contribution in [3.8, 4) is 5.75 Å². The first-order valence-corrected chi connectivity index (χ1v) is 6.28. The van der Waals surface area contributed by atoms with Crippen LogP contribution in [0.15, 0.2) is 18.2 Å². The lowest BCUT2D eigenvalue weighted by atomic mass is 10.1. The molecule has 0 radical (unpaired) electrons. The first-order valence-electron chi connectivity index (χ1n) is 6.28. The lowest BCUT2D eigenvalue weighted by Gasteiger charge is -2.24. The van der Waals surface area contributed by atoms with Gasteiger partial charge in [0.05, 0.1) is 5.56 Å². The molecule has 0 aliphatic heterocycles. The molecule has 0 aromatic heterocycles. The lowest BCUT2D eigenvalue weighted by Crippen LogP contribution is -2.36. The number of carbonyl (C=O) groups is 1. The third-order valence-electron chi connectivity index (χ3n) is 3.00.